The van der Waals surface area contributed by atoms with Gasteiger partial charge >= 0.3 is 0 Å². The van der Waals surface area contributed by atoms with Gasteiger partial charge in [0, 0.05) is 12.5 Å². The lowest BCUT2D eigenvalue weighted by Gasteiger charge is -2.38. The Bertz CT molecular complexity index is 660. The number of hydrogen-bond donors (Lipinski definition) is 1. The topological polar surface area (TPSA) is 32.7 Å². The summed E-state index contributed by atoms with van der Waals surface area (Å²) in [6.07, 6.45) is 3.83. The second kappa shape index (κ2) is 8.70. The maximum absolute atomic E-state index is 11.6. The zero-order chi connectivity index (χ0) is 18.4. The summed E-state index contributed by atoms with van der Waals surface area (Å²) in [4.78, 5) is 2.50. The SMILES string of the molecule is CCOc1ccc(C(C)(O)C(CN2CCCCC2)c2ccccc2)cc1. The fourth-order valence-electron chi connectivity index (χ4n) is 3.95. The van der Waals surface area contributed by atoms with Crippen LogP contribution in [-0.2, 0) is 5.60 Å². The van der Waals surface area contributed by atoms with E-state index in [4.69, 9.17) is 4.74 Å². The van der Waals surface area contributed by atoms with Crippen molar-refractivity contribution in [2.24, 2.45) is 0 Å². The number of benzene rings is 2. The van der Waals surface area contributed by atoms with Crippen LogP contribution in [0.25, 0.3) is 0 Å². The smallest absolute Gasteiger partial charge is 0.119 e. The summed E-state index contributed by atoms with van der Waals surface area (Å²) < 4.78 is 5.55. The molecule has 0 aromatic heterocycles. The molecule has 0 saturated carbocycles. The molecule has 3 heteroatoms. The molecule has 2 aromatic rings. The molecule has 1 fully saturated rings. The van der Waals surface area contributed by atoms with Crippen LogP contribution in [0.3, 0.4) is 0 Å². The van der Waals surface area contributed by atoms with Gasteiger partial charge in [-0.25, -0.2) is 0 Å². The molecular weight excluding hydrogens is 322 g/mol. The average molecular weight is 354 g/mol. The van der Waals surface area contributed by atoms with E-state index in [1.165, 1.54) is 24.8 Å². The van der Waals surface area contributed by atoms with Gasteiger partial charge in [-0.05, 0) is 63.0 Å². The number of likely N-dealkylation sites (tertiary alicyclic amines) is 1. The van der Waals surface area contributed by atoms with Crippen LogP contribution in [0.2, 0.25) is 0 Å². The first kappa shape index (κ1) is 18.9. The Morgan fingerprint density at radius 3 is 2.27 bits per heavy atom. The van der Waals surface area contributed by atoms with Crippen LogP contribution in [0.5, 0.6) is 5.75 Å². The van der Waals surface area contributed by atoms with E-state index in [0.29, 0.717) is 6.61 Å². The number of ether oxygens (including phenoxy) is 1. The molecule has 2 unspecified atom stereocenters. The summed E-state index contributed by atoms with van der Waals surface area (Å²) in [6, 6.07) is 18.3. The molecule has 3 rings (SSSR count). The fourth-order valence-corrected chi connectivity index (χ4v) is 3.95. The van der Waals surface area contributed by atoms with Crippen molar-refractivity contribution >= 4 is 0 Å². The van der Waals surface area contributed by atoms with Crippen molar-refractivity contribution in [2.45, 2.75) is 44.6 Å². The van der Waals surface area contributed by atoms with E-state index in [0.717, 1.165) is 30.9 Å². The molecule has 3 nitrogen and oxygen atoms in total. The third-order valence-electron chi connectivity index (χ3n) is 5.52. The normalized spacial score (nSPS) is 18.9. The summed E-state index contributed by atoms with van der Waals surface area (Å²) >= 11 is 0. The van der Waals surface area contributed by atoms with E-state index in [9.17, 15) is 5.11 Å². The minimum Gasteiger partial charge on any atom is -0.494 e. The van der Waals surface area contributed by atoms with Crippen molar-refractivity contribution in [3.8, 4) is 5.75 Å². The monoisotopic (exact) mass is 353 g/mol. The third-order valence-corrected chi connectivity index (χ3v) is 5.52. The lowest BCUT2D eigenvalue weighted by Crippen LogP contribution is -2.41. The highest BCUT2D eigenvalue weighted by Gasteiger charge is 2.36. The van der Waals surface area contributed by atoms with Gasteiger partial charge in [0.2, 0.25) is 0 Å². The van der Waals surface area contributed by atoms with Crippen molar-refractivity contribution in [3.05, 3.63) is 65.7 Å². The quantitative estimate of drug-likeness (QED) is 0.792. The first-order valence-electron chi connectivity index (χ1n) is 9.84. The fraction of sp³-hybridized carbons (Fsp3) is 0.478. The van der Waals surface area contributed by atoms with E-state index in [1.807, 2.05) is 44.2 Å². The maximum atomic E-state index is 11.6. The molecule has 1 heterocycles. The summed E-state index contributed by atoms with van der Waals surface area (Å²) in [6.45, 7) is 7.71. The van der Waals surface area contributed by atoms with Crippen LogP contribution in [0.15, 0.2) is 54.6 Å². The number of hydrogen-bond acceptors (Lipinski definition) is 3. The minimum absolute atomic E-state index is 0.0275. The van der Waals surface area contributed by atoms with Gasteiger partial charge in [0.05, 0.1) is 12.2 Å². The zero-order valence-corrected chi connectivity index (χ0v) is 16.0. The molecule has 2 atom stereocenters. The largest absolute Gasteiger partial charge is 0.494 e. The standard InChI is InChI=1S/C23H31NO2/c1-3-26-21-14-12-20(13-15-21)23(2,25)22(19-10-6-4-7-11-19)18-24-16-8-5-9-17-24/h4,6-7,10-15,22,25H,3,5,8-9,16-18H2,1-2H3. The molecule has 0 spiro atoms. The van der Waals surface area contributed by atoms with Gasteiger partial charge in [-0.3, -0.25) is 0 Å². The van der Waals surface area contributed by atoms with Gasteiger partial charge in [0.15, 0.2) is 0 Å². The van der Waals surface area contributed by atoms with Gasteiger partial charge in [-0.1, -0.05) is 48.9 Å². The van der Waals surface area contributed by atoms with Gasteiger partial charge < -0.3 is 14.7 Å². The maximum Gasteiger partial charge on any atom is 0.119 e. The summed E-state index contributed by atoms with van der Waals surface area (Å²) in [7, 11) is 0. The number of aliphatic hydroxyl groups is 1. The first-order valence-corrected chi connectivity index (χ1v) is 9.84. The summed E-state index contributed by atoms with van der Waals surface area (Å²) in [5, 5.41) is 11.6. The second-order valence-electron chi connectivity index (χ2n) is 7.43. The predicted octanol–water partition coefficient (Wildman–Crippen LogP) is 4.56. The molecule has 0 radical (unpaired) electrons. The Hall–Kier alpha value is -1.84. The van der Waals surface area contributed by atoms with Crippen LogP contribution in [0.1, 0.15) is 50.2 Å². The molecular formula is C23H31NO2. The van der Waals surface area contributed by atoms with Crippen LogP contribution in [0, 0.1) is 0 Å². The van der Waals surface area contributed by atoms with E-state index in [1.54, 1.807) is 0 Å². The molecule has 140 valence electrons. The predicted molar refractivity (Wildman–Crippen MR) is 107 cm³/mol. The molecule has 1 N–H and O–H groups in total. The first-order chi connectivity index (χ1) is 12.6. The highest BCUT2D eigenvalue weighted by Crippen LogP contribution is 2.38. The van der Waals surface area contributed by atoms with Crippen molar-refractivity contribution in [1.82, 2.24) is 4.90 Å². The van der Waals surface area contributed by atoms with Gasteiger partial charge in [-0.2, -0.15) is 0 Å². The average Bonchev–Trinajstić information content (AvgIpc) is 2.68. The van der Waals surface area contributed by atoms with Crippen molar-refractivity contribution in [3.63, 3.8) is 0 Å². The molecule has 2 aromatic carbocycles. The van der Waals surface area contributed by atoms with Crippen molar-refractivity contribution < 1.29 is 9.84 Å². The highest BCUT2D eigenvalue weighted by molar-refractivity contribution is 5.35. The second-order valence-corrected chi connectivity index (χ2v) is 7.43. The minimum atomic E-state index is -0.941. The van der Waals surface area contributed by atoms with Crippen LogP contribution >= 0.6 is 0 Å². The van der Waals surface area contributed by atoms with E-state index in [-0.39, 0.29) is 5.92 Å². The van der Waals surface area contributed by atoms with Crippen LogP contribution in [-0.4, -0.2) is 36.2 Å². The summed E-state index contributed by atoms with van der Waals surface area (Å²) in [5.74, 6) is 0.874. The summed E-state index contributed by atoms with van der Waals surface area (Å²) in [5.41, 5.74) is 1.19. The lowest BCUT2D eigenvalue weighted by atomic mass is 9.78. The molecule has 0 amide bonds. The Kier molecular flexibility index (Phi) is 6.33. The zero-order valence-electron chi connectivity index (χ0n) is 16.0. The third kappa shape index (κ3) is 4.46. The van der Waals surface area contributed by atoms with Crippen molar-refractivity contribution in [1.29, 1.82) is 0 Å². The molecule has 0 aliphatic carbocycles. The molecule has 1 aliphatic heterocycles. The molecule has 1 aliphatic rings. The Morgan fingerprint density at radius 1 is 1.00 bits per heavy atom. The number of nitrogens with zero attached hydrogens (tertiary/aromatic N) is 1. The molecule has 0 bridgehead atoms. The Morgan fingerprint density at radius 2 is 1.65 bits per heavy atom. The molecule has 1 saturated heterocycles. The number of piperidine rings is 1. The lowest BCUT2D eigenvalue weighted by molar-refractivity contribution is 0.0107. The van der Waals surface area contributed by atoms with E-state index < -0.39 is 5.60 Å². The van der Waals surface area contributed by atoms with Gasteiger partial charge in [0.1, 0.15) is 5.75 Å². The Balaban J connectivity index is 1.88. The van der Waals surface area contributed by atoms with Crippen molar-refractivity contribution in [2.75, 3.05) is 26.2 Å². The van der Waals surface area contributed by atoms with Gasteiger partial charge in [-0.15, -0.1) is 0 Å². The van der Waals surface area contributed by atoms with E-state index >= 15 is 0 Å². The Labute approximate surface area is 157 Å². The van der Waals surface area contributed by atoms with Crippen LogP contribution < -0.4 is 4.74 Å². The van der Waals surface area contributed by atoms with E-state index in [2.05, 4.69) is 29.2 Å². The van der Waals surface area contributed by atoms with Crippen LogP contribution in [0.4, 0.5) is 0 Å². The number of rotatable bonds is 7. The van der Waals surface area contributed by atoms with Gasteiger partial charge in [0.25, 0.3) is 0 Å². The molecule has 26 heavy (non-hydrogen) atoms. The highest BCUT2D eigenvalue weighted by atomic mass is 16.5.